The van der Waals surface area contributed by atoms with Gasteiger partial charge in [0.25, 0.3) is 0 Å². The zero-order valence-electron chi connectivity index (χ0n) is 15.8. The molecule has 2 aromatic rings. The van der Waals surface area contributed by atoms with Crippen LogP contribution in [0.2, 0.25) is 0 Å². The molecule has 1 aliphatic rings. The summed E-state index contributed by atoms with van der Waals surface area (Å²) in [5, 5.41) is 4.19. The minimum atomic E-state index is -0.0699. The van der Waals surface area contributed by atoms with Gasteiger partial charge in [-0.1, -0.05) is 32.0 Å². The summed E-state index contributed by atoms with van der Waals surface area (Å²) in [6, 6.07) is 8.16. The number of nitrogens with one attached hydrogen (secondary N) is 2. The van der Waals surface area contributed by atoms with E-state index in [1.165, 1.54) is 10.9 Å². The average Bonchev–Trinajstić information content (AvgIpc) is 3.07. The molecule has 1 aromatic heterocycles. The number of aromatic nitrogens is 1. The molecule has 5 nitrogen and oxygen atoms in total. The first-order chi connectivity index (χ1) is 12.5. The third-order valence-electron chi connectivity index (χ3n) is 5.11. The van der Waals surface area contributed by atoms with Crippen LogP contribution in [0, 0.1) is 11.8 Å². The van der Waals surface area contributed by atoms with Crippen LogP contribution in [0.15, 0.2) is 30.5 Å². The van der Waals surface area contributed by atoms with Gasteiger partial charge in [-0.05, 0) is 36.8 Å². The second-order valence-electron chi connectivity index (χ2n) is 7.68. The first-order valence-electron chi connectivity index (χ1n) is 9.65. The molecular weight excluding hydrogens is 326 g/mol. The fourth-order valence-corrected chi connectivity index (χ4v) is 3.60. The molecule has 0 saturated carbocycles. The van der Waals surface area contributed by atoms with Crippen molar-refractivity contribution in [3.63, 3.8) is 0 Å². The van der Waals surface area contributed by atoms with Crippen molar-refractivity contribution in [3.8, 4) is 0 Å². The van der Waals surface area contributed by atoms with Gasteiger partial charge in [-0.2, -0.15) is 0 Å². The number of piperidine rings is 1. The predicted octanol–water partition coefficient (Wildman–Crippen LogP) is 3.11. The number of nitrogens with zero attached hydrogens (tertiary/aromatic N) is 1. The first-order valence-corrected chi connectivity index (χ1v) is 9.65. The molecule has 0 unspecified atom stereocenters. The molecule has 1 saturated heterocycles. The molecular formula is C21H29N3O2. The van der Waals surface area contributed by atoms with Gasteiger partial charge in [-0.25, -0.2) is 0 Å². The summed E-state index contributed by atoms with van der Waals surface area (Å²) in [5.41, 5.74) is 2.28. The third-order valence-corrected chi connectivity index (χ3v) is 5.11. The maximum absolute atomic E-state index is 12.6. The molecule has 2 heterocycles. The molecule has 2 N–H and O–H groups in total. The van der Waals surface area contributed by atoms with Gasteiger partial charge < -0.3 is 15.2 Å². The number of benzene rings is 1. The number of aryl methyl sites for hydroxylation is 1. The Labute approximate surface area is 155 Å². The van der Waals surface area contributed by atoms with Crippen LogP contribution in [0.3, 0.4) is 0 Å². The molecule has 5 heteroatoms. The number of aromatic amines is 1. The Balaban J connectivity index is 1.53. The van der Waals surface area contributed by atoms with E-state index < -0.39 is 0 Å². The lowest BCUT2D eigenvalue weighted by Gasteiger charge is -2.32. The zero-order chi connectivity index (χ0) is 18.5. The van der Waals surface area contributed by atoms with Crippen molar-refractivity contribution in [2.75, 3.05) is 19.6 Å². The normalized spacial score (nSPS) is 17.7. The average molecular weight is 355 g/mol. The van der Waals surface area contributed by atoms with Gasteiger partial charge in [-0.15, -0.1) is 0 Å². The van der Waals surface area contributed by atoms with Crippen LogP contribution in [0.1, 0.15) is 38.7 Å². The van der Waals surface area contributed by atoms with E-state index in [4.69, 9.17) is 0 Å². The van der Waals surface area contributed by atoms with E-state index in [2.05, 4.69) is 30.2 Å². The van der Waals surface area contributed by atoms with E-state index in [9.17, 15) is 9.59 Å². The Bertz CT molecular complexity index is 765. The highest BCUT2D eigenvalue weighted by molar-refractivity contribution is 5.84. The van der Waals surface area contributed by atoms with Gasteiger partial charge in [0.15, 0.2) is 0 Å². The summed E-state index contributed by atoms with van der Waals surface area (Å²) in [6.07, 6.45) is 4.98. The molecule has 3 rings (SSSR count). The Hall–Kier alpha value is -2.30. The number of H-pyrrole nitrogens is 1. The van der Waals surface area contributed by atoms with Crippen LogP contribution in [0.4, 0.5) is 0 Å². The van der Waals surface area contributed by atoms with Gasteiger partial charge in [0.05, 0.1) is 5.92 Å². The summed E-state index contributed by atoms with van der Waals surface area (Å²) in [7, 11) is 0. The van der Waals surface area contributed by atoms with Crippen molar-refractivity contribution in [1.82, 2.24) is 15.2 Å². The van der Waals surface area contributed by atoms with E-state index in [1.807, 2.05) is 29.3 Å². The number of likely N-dealkylation sites (tertiary alicyclic amines) is 1. The van der Waals surface area contributed by atoms with E-state index in [0.717, 1.165) is 31.3 Å². The number of hydrogen-bond donors (Lipinski definition) is 2. The maximum Gasteiger partial charge on any atom is 0.224 e. The van der Waals surface area contributed by atoms with Crippen molar-refractivity contribution in [2.45, 2.75) is 39.5 Å². The molecule has 0 bridgehead atoms. The van der Waals surface area contributed by atoms with Gasteiger partial charge in [0.1, 0.15) is 0 Å². The lowest BCUT2D eigenvalue weighted by Crippen LogP contribution is -2.46. The Morgan fingerprint density at radius 1 is 1.31 bits per heavy atom. The molecule has 1 fully saturated rings. The molecule has 0 aliphatic carbocycles. The van der Waals surface area contributed by atoms with Crippen LogP contribution in [-0.2, 0) is 16.0 Å². The van der Waals surface area contributed by atoms with Crippen LogP contribution < -0.4 is 5.32 Å². The molecule has 140 valence electrons. The number of amides is 2. The number of rotatable bonds is 6. The number of hydrogen-bond acceptors (Lipinski definition) is 2. The second-order valence-corrected chi connectivity index (χ2v) is 7.68. The Morgan fingerprint density at radius 2 is 2.12 bits per heavy atom. The number of carbonyl (C=O) groups excluding carboxylic acids is 2. The molecule has 2 amide bonds. The van der Waals surface area contributed by atoms with Crippen molar-refractivity contribution in [1.29, 1.82) is 0 Å². The van der Waals surface area contributed by atoms with Crippen LogP contribution in [-0.4, -0.2) is 41.3 Å². The summed E-state index contributed by atoms with van der Waals surface area (Å²) in [5.74, 6) is 0.612. The van der Waals surface area contributed by atoms with E-state index in [0.29, 0.717) is 25.4 Å². The van der Waals surface area contributed by atoms with Gasteiger partial charge in [0, 0.05) is 43.2 Å². The predicted molar refractivity (Wildman–Crippen MR) is 104 cm³/mol. The fraction of sp³-hybridized carbons (Fsp3) is 0.524. The van der Waals surface area contributed by atoms with Crippen LogP contribution in [0.25, 0.3) is 10.9 Å². The standard InChI is InChI=1S/C21H29N3O2/c1-15(2)12-23-21(26)17-6-5-11-24(14-17)20(25)10-9-16-13-22-19-8-4-3-7-18(16)19/h3-4,7-8,13,15,17,22H,5-6,9-12,14H2,1-2H3,(H,23,26)/t17-/m0/s1. The quantitative estimate of drug-likeness (QED) is 0.836. The van der Waals surface area contributed by atoms with Crippen molar-refractivity contribution >= 4 is 22.7 Å². The summed E-state index contributed by atoms with van der Waals surface area (Å²) < 4.78 is 0. The maximum atomic E-state index is 12.6. The highest BCUT2D eigenvalue weighted by atomic mass is 16.2. The van der Waals surface area contributed by atoms with E-state index in [-0.39, 0.29) is 17.7 Å². The monoisotopic (exact) mass is 355 g/mol. The third kappa shape index (κ3) is 4.45. The smallest absolute Gasteiger partial charge is 0.224 e. The SMILES string of the molecule is CC(C)CNC(=O)[C@H]1CCCN(C(=O)CCc2c[nH]c3ccccc23)C1. The van der Waals surface area contributed by atoms with Crippen molar-refractivity contribution in [3.05, 3.63) is 36.0 Å². The van der Waals surface area contributed by atoms with Gasteiger partial charge >= 0.3 is 0 Å². The van der Waals surface area contributed by atoms with E-state index >= 15 is 0 Å². The summed E-state index contributed by atoms with van der Waals surface area (Å²) >= 11 is 0. The first kappa shape index (κ1) is 18.5. The molecule has 0 spiro atoms. The summed E-state index contributed by atoms with van der Waals surface area (Å²) in [6.45, 7) is 6.19. The number of carbonyl (C=O) groups is 2. The van der Waals surface area contributed by atoms with Crippen LogP contribution >= 0.6 is 0 Å². The minimum absolute atomic E-state index is 0.0699. The van der Waals surface area contributed by atoms with Crippen molar-refractivity contribution < 1.29 is 9.59 Å². The van der Waals surface area contributed by atoms with E-state index in [1.54, 1.807) is 0 Å². The van der Waals surface area contributed by atoms with Crippen molar-refractivity contribution in [2.24, 2.45) is 11.8 Å². The summed E-state index contributed by atoms with van der Waals surface area (Å²) in [4.78, 5) is 30.1. The number of fused-ring (bicyclic) bond motifs is 1. The minimum Gasteiger partial charge on any atom is -0.361 e. The Kier molecular flexibility index (Phi) is 5.96. The largest absolute Gasteiger partial charge is 0.361 e. The lowest BCUT2D eigenvalue weighted by atomic mass is 9.96. The number of para-hydroxylation sites is 1. The molecule has 0 radical (unpaired) electrons. The topological polar surface area (TPSA) is 65.2 Å². The molecule has 1 aromatic carbocycles. The zero-order valence-corrected chi connectivity index (χ0v) is 15.8. The van der Waals surface area contributed by atoms with Crippen LogP contribution in [0.5, 0.6) is 0 Å². The molecule has 1 atom stereocenters. The molecule has 1 aliphatic heterocycles. The fourth-order valence-electron chi connectivity index (χ4n) is 3.60. The molecule has 26 heavy (non-hydrogen) atoms. The lowest BCUT2D eigenvalue weighted by molar-refractivity contribution is -0.135. The van der Waals surface area contributed by atoms with Gasteiger partial charge in [0.2, 0.25) is 11.8 Å². The second kappa shape index (κ2) is 8.39. The Morgan fingerprint density at radius 3 is 2.92 bits per heavy atom. The highest BCUT2D eigenvalue weighted by Gasteiger charge is 2.28. The van der Waals surface area contributed by atoms with Gasteiger partial charge in [-0.3, -0.25) is 9.59 Å². The highest BCUT2D eigenvalue weighted by Crippen LogP contribution is 2.21.